The first-order chi connectivity index (χ1) is 9.22. The van der Waals surface area contributed by atoms with Crippen LogP contribution in [0.25, 0.3) is 11.0 Å². The predicted molar refractivity (Wildman–Crippen MR) is 79.4 cm³/mol. The summed E-state index contributed by atoms with van der Waals surface area (Å²) < 4.78 is 0. The summed E-state index contributed by atoms with van der Waals surface area (Å²) in [5.41, 5.74) is 4.80. The van der Waals surface area contributed by atoms with Gasteiger partial charge in [-0.3, -0.25) is 0 Å². The SMILES string of the molecule is Cc1ccc2[nH]c(CC(C)c3ccccc3)nc2c1. The summed E-state index contributed by atoms with van der Waals surface area (Å²) in [6, 6.07) is 16.9. The van der Waals surface area contributed by atoms with Crippen LogP contribution in [-0.4, -0.2) is 9.97 Å². The lowest BCUT2D eigenvalue weighted by atomic mass is 9.98. The molecule has 0 saturated heterocycles. The number of aryl methyl sites for hydroxylation is 1. The zero-order chi connectivity index (χ0) is 13.2. The van der Waals surface area contributed by atoms with Crippen molar-refractivity contribution in [1.29, 1.82) is 0 Å². The van der Waals surface area contributed by atoms with Crippen LogP contribution in [0.2, 0.25) is 0 Å². The molecule has 3 aromatic rings. The van der Waals surface area contributed by atoms with Crippen LogP contribution in [0.5, 0.6) is 0 Å². The van der Waals surface area contributed by atoms with Crippen molar-refractivity contribution in [3.05, 3.63) is 65.5 Å². The summed E-state index contributed by atoms with van der Waals surface area (Å²) in [5, 5.41) is 0. The maximum atomic E-state index is 4.68. The molecular weight excluding hydrogens is 232 g/mol. The van der Waals surface area contributed by atoms with Gasteiger partial charge in [0.1, 0.15) is 5.82 Å². The molecule has 2 nitrogen and oxygen atoms in total. The molecule has 96 valence electrons. The van der Waals surface area contributed by atoms with Crippen molar-refractivity contribution in [3.63, 3.8) is 0 Å². The van der Waals surface area contributed by atoms with E-state index in [4.69, 9.17) is 0 Å². The third-order valence-electron chi connectivity index (χ3n) is 3.56. The molecule has 3 rings (SSSR count). The van der Waals surface area contributed by atoms with Crippen molar-refractivity contribution < 1.29 is 0 Å². The third-order valence-corrected chi connectivity index (χ3v) is 3.56. The number of nitrogens with zero attached hydrogens (tertiary/aromatic N) is 1. The number of aromatic amines is 1. The number of fused-ring (bicyclic) bond motifs is 1. The normalized spacial score (nSPS) is 12.7. The Bertz CT molecular complexity index is 683. The van der Waals surface area contributed by atoms with Crippen LogP contribution in [0, 0.1) is 6.92 Å². The lowest BCUT2D eigenvalue weighted by Gasteiger charge is -2.09. The first-order valence-electron chi connectivity index (χ1n) is 6.72. The number of hydrogen-bond acceptors (Lipinski definition) is 1. The highest BCUT2D eigenvalue weighted by Gasteiger charge is 2.09. The molecule has 0 aliphatic heterocycles. The van der Waals surface area contributed by atoms with Gasteiger partial charge in [-0.05, 0) is 36.1 Å². The van der Waals surface area contributed by atoms with E-state index in [1.165, 1.54) is 11.1 Å². The molecule has 2 heteroatoms. The second-order valence-corrected chi connectivity index (χ2v) is 5.22. The summed E-state index contributed by atoms with van der Waals surface area (Å²) in [5.74, 6) is 1.54. The van der Waals surface area contributed by atoms with Gasteiger partial charge in [0.05, 0.1) is 11.0 Å². The molecule has 0 aliphatic carbocycles. The van der Waals surface area contributed by atoms with E-state index in [-0.39, 0.29) is 0 Å². The van der Waals surface area contributed by atoms with Crippen LogP contribution in [0.15, 0.2) is 48.5 Å². The first-order valence-corrected chi connectivity index (χ1v) is 6.72. The van der Waals surface area contributed by atoms with Crippen LogP contribution in [0.1, 0.15) is 29.8 Å². The average molecular weight is 250 g/mol. The summed E-state index contributed by atoms with van der Waals surface area (Å²) in [7, 11) is 0. The Morgan fingerprint density at radius 3 is 2.68 bits per heavy atom. The monoisotopic (exact) mass is 250 g/mol. The van der Waals surface area contributed by atoms with Crippen molar-refractivity contribution in [2.75, 3.05) is 0 Å². The first kappa shape index (κ1) is 12.0. The average Bonchev–Trinajstić information content (AvgIpc) is 2.81. The van der Waals surface area contributed by atoms with E-state index in [9.17, 15) is 0 Å². The Balaban J connectivity index is 1.85. The fourth-order valence-electron chi connectivity index (χ4n) is 2.45. The van der Waals surface area contributed by atoms with E-state index in [1.54, 1.807) is 0 Å². The van der Waals surface area contributed by atoms with Gasteiger partial charge in [-0.15, -0.1) is 0 Å². The van der Waals surface area contributed by atoms with Gasteiger partial charge in [-0.25, -0.2) is 4.98 Å². The van der Waals surface area contributed by atoms with Crippen LogP contribution in [0.3, 0.4) is 0 Å². The van der Waals surface area contributed by atoms with Gasteiger partial charge >= 0.3 is 0 Å². The largest absolute Gasteiger partial charge is 0.342 e. The molecule has 2 aromatic carbocycles. The van der Waals surface area contributed by atoms with Gasteiger partial charge < -0.3 is 4.98 Å². The number of rotatable bonds is 3. The number of imidazole rings is 1. The number of H-pyrrole nitrogens is 1. The lowest BCUT2D eigenvalue weighted by Crippen LogP contribution is -1.99. The Morgan fingerprint density at radius 1 is 1.11 bits per heavy atom. The van der Waals surface area contributed by atoms with Crippen LogP contribution in [-0.2, 0) is 6.42 Å². The summed E-state index contributed by atoms with van der Waals surface area (Å²) in [4.78, 5) is 8.10. The van der Waals surface area contributed by atoms with Crippen LogP contribution >= 0.6 is 0 Å². The molecule has 0 fully saturated rings. The minimum absolute atomic E-state index is 0.475. The van der Waals surface area contributed by atoms with Gasteiger partial charge in [-0.1, -0.05) is 43.3 Å². The van der Waals surface area contributed by atoms with Crippen LogP contribution in [0.4, 0.5) is 0 Å². The molecule has 19 heavy (non-hydrogen) atoms. The fraction of sp³-hybridized carbons (Fsp3) is 0.235. The Morgan fingerprint density at radius 2 is 1.89 bits per heavy atom. The highest BCUT2D eigenvalue weighted by atomic mass is 14.9. The van der Waals surface area contributed by atoms with Gasteiger partial charge in [0.15, 0.2) is 0 Å². The molecular formula is C17H18N2. The molecule has 1 unspecified atom stereocenters. The third kappa shape index (κ3) is 2.53. The quantitative estimate of drug-likeness (QED) is 0.741. The number of aromatic nitrogens is 2. The van der Waals surface area contributed by atoms with Crippen molar-refractivity contribution in [3.8, 4) is 0 Å². The summed E-state index contributed by atoms with van der Waals surface area (Å²) in [6.45, 7) is 4.34. The van der Waals surface area contributed by atoms with Crippen molar-refractivity contribution >= 4 is 11.0 Å². The maximum Gasteiger partial charge on any atom is 0.107 e. The van der Waals surface area contributed by atoms with Crippen LogP contribution < -0.4 is 0 Å². The molecule has 0 spiro atoms. The Kier molecular flexibility index (Phi) is 3.08. The minimum Gasteiger partial charge on any atom is -0.342 e. The van der Waals surface area contributed by atoms with Gasteiger partial charge in [-0.2, -0.15) is 0 Å². The molecule has 1 N–H and O–H groups in total. The number of nitrogens with one attached hydrogen (secondary N) is 1. The van der Waals surface area contributed by atoms with E-state index in [0.29, 0.717) is 5.92 Å². The number of benzene rings is 2. The second kappa shape index (κ2) is 4.88. The molecule has 1 heterocycles. The Hall–Kier alpha value is -2.09. The summed E-state index contributed by atoms with van der Waals surface area (Å²) >= 11 is 0. The smallest absolute Gasteiger partial charge is 0.107 e. The fourth-order valence-corrected chi connectivity index (χ4v) is 2.45. The zero-order valence-corrected chi connectivity index (χ0v) is 11.4. The molecule has 0 amide bonds. The molecule has 0 radical (unpaired) electrons. The van der Waals surface area contributed by atoms with E-state index < -0.39 is 0 Å². The Labute approximate surface area is 113 Å². The molecule has 1 aromatic heterocycles. The zero-order valence-electron chi connectivity index (χ0n) is 11.4. The minimum atomic E-state index is 0.475. The van der Waals surface area contributed by atoms with E-state index in [2.05, 4.69) is 72.3 Å². The van der Waals surface area contributed by atoms with Gasteiger partial charge in [0.25, 0.3) is 0 Å². The van der Waals surface area contributed by atoms with Crippen molar-refractivity contribution in [2.24, 2.45) is 0 Å². The summed E-state index contributed by atoms with van der Waals surface area (Å²) in [6.07, 6.45) is 0.942. The number of hydrogen-bond donors (Lipinski definition) is 1. The standard InChI is InChI=1S/C17H18N2/c1-12-8-9-15-16(10-12)19-17(18-15)11-13(2)14-6-4-3-5-7-14/h3-10,13H,11H2,1-2H3,(H,18,19). The molecule has 0 aliphatic rings. The maximum absolute atomic E-state index is 4.68. The molecule has 0 bridgehead atoms. The van der Waals surface area contributed by atoms with Crippen molar-refractivity contribution in [2.45, 2.75) is 26.2 Å². The second-order valence-electron chi connectivity index (χ2n) is 5.22. The van der Waals surface area contributed by atoms with Crippen molar-refractivity contribution in [1.82, 2.24) is 9.97 Å². The topological polar surface area (TPSA) is 28.7 Å². The van der Waals surface area contributed by atoms with Gasteiger partial charge in [0, 0.05) is 6.42 Å². The highest BCUT2D eigenvalue weighted by molar-refractivity contribution is 5.75. The van der Waals surface area contributed by atoms with Gasteiger partial charge in [0.2, 0.25) is 0 Å². The molecule has 1 atom stereocenters. The predicted octanol–water partition coefficient (Wildman–Crippen LogP) is 4.22. The molecule has 0 saturated carbocycles. The highest BCUT2D eigenvalue weighted by Crippen LogP contribution is 2.21. The van der Waals surface area contributed by atoms with E-state index in [1.807, 2.05) is 0 Å². The van der Waals surface area contributed by atoms with E-state index >= 15 is 0 Å². The van der Waals surface area contributed by atoms with E-state index in [0.717, 1.165) is 23.3 Å². The lowest BCUT2D eigenvalue weighted by molar-refractivity contribution is 0.729.